The Balaban J connectivity index is 1.84. The standard InChI is InChI=1S/C12H13ClN2O4/c13-7-1-3-8(4-2-7)15-12(18)19-11(17)10-5-9(16)6-14-10/h1-4,9-10,14,16H,5-6H2,(H,15,18). The van der Waals surface area contributed by atoms with Crippen LogP contribution in [0.4, 0.5) is 10.5 Å². The van der Waals surface area contributed by atoms with Crippen molar-refractivity contribution in [2.24, 2.45) is 0 Å². The molecule has 0 radical (unpaired) electrons. The molecule has 1 aromatic rings. The molecule has 1 fully saturated rings. The van der Waals surface area contributed by atoms with Crippen molar-refractivity contribution in [3.05, 3.63) is 29.3 Å². The summed E-state index contributed by atoms with van der Waals surface area (Å²) in [6.07, 6.45) is -1.21. The van der Waals surface area contributed by atoms with Crippen LogP contribution in [-0.4, -0.2) is 35.9 Å². The van der Waals surface area contributed by atoms with E-state index in [1.807, 2.05) is 0 Å². The fourth-order valence-corrected chi connectivity index (χ4v) is 1.86. The van der Waals surface area contributed by atoms with Crippen LogP contribution in [0.5, 0.6) is 0 Å². The van der Waals surface area contributed by atoms with Crippen LogP contribution in [0.25, 0.3) is 0 Å². The number of amides is 1. The number of aliphatic hydroxyl groups is 1. The number of hydrogen-bond acceptors (Lipinski definition) is 5. The van der Waals surface area contributed by atoms with Crippen molar-refractivity contribution in [3.63, 3.8) is 0 Å². The zero-order valence-electron chi connectivity index (χ0n) is 9.93. The maximum absolute atomic E-state index is 11.6. The number of rotatable bonds is 2. The lowest BCUT2D eigenvalue weighted by Gasteiger charge is -2.09. The molecule has 7 heteroatoms. The van der Waals surface area contributed by atoms with Crippen LogP contribution in [0.1, 0.15) is 6.42 Å². The van der Waals surface area contributed by atoms with E-state index in [4.69, 9.17) is 11.6 Å². The molecule has 0 spiro atoms. The summed E-state index contributed by atoms with van der Waals surface area (Å²) in [5, 5.41) is 15.0. The third-order valence-corrected chi connectivity index (χ3v) is 2.93. The van der Waals surface area contributed by atoms with Crippen LogP contribution in [0, 0.1) is 0 Å². The molecule has 1 aromatic carbocycles. The van der Waals surface area contributed by atoms with Crippen molar-refractivity contribution in [2.75, 3.05) is 11.9 Å². The molecule has 2 unspecified atom stereocenters. The number of esters is 1. The Kier molecular flexibility index (Phi) is 4.36. The SMILES string of the molecule is O=C(Nc1ccc(Cl)cc1)OC(=O)C1CC(O)CN1. The van der Waals surface area contributed by atoms with Gasteiger partial charge in [-0.2, -0.15) is 0 Å². The zero-order valence-corrected chi connectivity index (χ0v) is 10.7. The zero-order chi connectivity index (χ0) is 13.8. The lowest BCUT2D eigenvalue weighted by Crippen LogP contribution is -2.34. The van der Waals surface area contributed by atoms with E-state index in [1.54, 1.807) is 24.3 Å². The number of halogens is 1. The smallest absolute Gasteiger partial charge is 0.392 e. The molecule has 1 heterocycles. The summed E-state index contributed by atoms with van der Waals surface area (Å²) in [6, 6.07) is 5.74. The normalized spacial score (nSPS) is 22.0. The Labute approximate surface area is 114 Å². The summed E-state index contributed by atoms with van der Waals surface area (Å²) >= 11 is 5.70. The second kappa shape index (κ2) is 6.01. The van der Waals surface area contributed by atoms with Gasteiger partial charge in [0.2, 0.25) is 0 Å². The number of hydrogen-bond donors (Lipinski definition) is 3. The molecular weight excluding hydrogens is 272 g/mol. The van der Waals surface area contributed by atoms with Crippen molar-refractivity contribution in [3.8, 4) is 0 Å². The van der Waals surface area contributed by atoms with Crippen molar-refractivity contribution < 1.29 is 19.4 Å². The van der Waals surface area contributed by atoms with Gasteiger partial charge in [-0.05, 0) is 24.3 Å². The molecule has 19 heavy (non-hydrogen) atoms. The van der Waals surface area contributed by atoms with Gasteiger partial charge in [-0.3, -0.25) is 5.32 Å². The Bertz CT molecular complexity index is 477. The van der Waals surface area contributed by atoms with Gasteiger partial charge in [0, 0.05) is 23.7 Å². The minimum Gasteiger partial charge on any atom is -0.392 e. The third kappa shape index (κ3) is 3.92. The van der Waals surface area contributed by atoms with Crippen molar-refractivity contribution in [1.29, 1.82) is 0 Å². The van der Waals surface area contributed by atoms with Crippen molar-refractivity contribution >= 4 is 29.4 Å². The van der Waals surface area contributed by atoms with Gasteiger partial charge in [-0.25, -0.2) is 9.59 Å². The van der Waals surface area contributed by atoms with E-state index in [9.17, 15) is 14.7 Å². The van der Waals surface area contributed by atoms with Gasteiger partial charge in [0.1, 0.15) is 6.04 Å². The monoisotopic (exact) mass is 284 g/mol. The van der Waals surface area contributed by atoms with Crippen LogP contribution in [0.3, 0.4) is 0 Å². The van der Waals surface area contributed by atoms with Gasteiger partial charge in [0.05, 0.1) is 6.10 Å². The molecule has 6 nitrogen and oxygen atoms in total. The van der Waals surface area contributed by atoms with E-state index >= 15 is 0 Å². The van der Waals surface area contributed by atoms with Crippen molar-refractivity contribution in [1.82, 2.24) is 5.32 Å². The number of ether oxygens (including phenoxy) is 1. The van der Waals surface area contributed by atoms with Crippen LogP contribution in [0.15, 0.2) is 24.3 Å². The van der Waals surface area contributed by atoms with E-state index in [0.717, 1.165) is 0 Å². The summed E-state index contributed by atoms with van der Waals surface area (Å²) in [4.78, 5) is 23.0. The lowest BCUT2D eigenvalue weighted by atomic mass is 10.2. The summed E-state index contributed by atoms with van der Waals surface area (Å²) in [5.74, 6) is -0.706. The predicted octanol–water partition coefficient (Wildman–Crippen LogP) is 1.14. The van der Waals surface area contributed by atoms with Crippen molar-refractivity contribution in [2.45, 2.75) is 18.6 Å². The van der Waals surface area contributed by atoms with Gasteiger partial charge in [-0.1, -0.05) is 11.6 Å². The molecule has 0 aromatic heterocycles. The number of β-amino-alcohol motifs (C(OH)–C–C–N with tert-alkyl or cyclic N) is 1. The molecule has 1 amide bonds. The first-order valence-electron chi connectivity index (χ1n) is 5.74. The molecule has 2 rings (SSSR count). The van der Waals surface area contributed by atoms with Gasteiger partial charge in [-0.15, -0.1) is 0 Å². The number of aliphatic hydroxyl groups excluding tert-OH is 1. The Morgan fingerprint density at radius 3 is 2.63 bits per heavy atom. The van der Waals surface area contributed by atoms with E-state index in [1.165, 1.54) is 0 Å². The molecular formula is C12H13ClN2O4. The quantitative estimate of drug-likeness (QED) is 0.560. The predicted molar refractivity (Wildman–Crippen MR) is 69.0 cm³/mol. The first kappa shape index (κ1) is 13.8. The average Bonchev–Trinajstić information content (AvgIpc) is 2.79. The van der Waals surface area contributed by atoms with Crippen LogP contribution >= 0.6 is 11.6 Å². The highest BCUT2D eigenvalue weighted by atomic mass is 35.5. The second-order valence-corrected chi connectivity index (χ2v) is 4.63. The molecule has 1 saturated heterocycles. The van der Waals surface area contributed by atoms with Crippen LogP contribution in [-0.2, 0) is 9.53 Å². The molecule has 1 aliphatic heterocycles. The average molecular weight is 285 g/mol. The first-order valence-corrected chi connectivity index (χ1v) is 6.12. The van der Waals surface area contributed by atoms with E-state index in [-0.39, 0.29) is 6.42 Å². The number of benzene rings is 1. The highest BCUT2D eigenvalue weighted by molar-refractivity contribution is 6.30. The maximum Gasteiger partial charge on any atom is 0.419 e. The summed E-state index contributed by atoms with van der Waals surface area (Å²) in [7, 11) is 0. The Morgan fingerprint density at radius 2 is 2.05 bits per heavy atom. The maximum atomic E-state index is 11.6. The summed E-state index contributed by atoms with van der Waals surface area (Å²) in [5.41, 5.74) is 0.474. The highest BCUT2D eigenvalue weighted by Crippen LogP contribution is 2.14. The molecule has 0 bridgehead atoms. The van der Waals surface area contributed by atoms with E-state index in [0.29, 0.717) is 17.3 Å². The number of anilines is 1. The summed E-state index contributed by atoms with van der Waals surface area (Å²) in [6.45, 7) is 0.318. The first-order chi connectivity index (χ1) is 9.04. The fourth-order valence-electron chi connectivity index (χ4n) is 1.74. The van der Waals surface area contributed by atoms with Crippen LogP contribution in [0.2, 0.25) is 5.02 Å². The highest BCUT2D eigenvalue weighted by Gasteiger charge is 2.30. The van der Waals surface area contributed by atoms with Gasteiger partial charge < -0.3 is 15.2 Å². The van der Waals surface area contributed by atoms with Gasteiger partial charge in [0.15, 0.2) is 0 Å². The lowest BCUT2D eigenvalue weighted by molar-refractivity contribution is -0.139. The van der Waals surface area contributed by atoms with E-state index in [2.05, 4.69) is 15.4 Å². The van der Waals surface area contributed by atoms with Crippen LogP contribution < -0.4 is 10.6 Å². The molecule has 2 atom stereocenters. The third-order valence-electron chi connectivity index (χ3n) is 2.68. The topological polar surface area (TPSA) is 87.7 Å². The molecule has 1 aliphatic rings. The summed E-state index contributed by atoms with van der Waals surface area (Å²) < 4.78 is 4.62. The Morgan fingerprint density at radius 1 is 1.37 bits per heavy atom. The minimum atomic E-state index is -0.865. The number of carbonyl (C=O) groups is 2. The molecule has 3 N–H and O–H groups in total. The van der Waals surface area contributed by atoms with Gasteiger partial charge in [0.25, 0.3) is 0 Å². The Hall–Kier alpha value is -1.63. The fraction of sp³-hybridized carbons (Fsp3) is 0.333. The second-order valence-electron chi connectivity index (χ2n) is 4.19. The number of nitrogens with one attached hydrogen (secondary N) is 2. The minimum absolute atomic E-state index is 0.243. The molecule has 0 saturated carbocycles. The largest absolute Gasteiger partial charge is 0.419 e. The molecule has 102 valence electrons. The van der Waals surface area contributed by atoms with E-state index < -0.39 is 24.2 Å². The number of carbonyl (C=O) groups excluding carboxylic acids is 2. The molecule has 0 aliphatic carbocycles. The van der Waals surface area contributed by atoms with Gasteiger partial charge >= 0.3 is 12.1 Å².